The molecule has 0 spiro atoms. The van der Waals surface area contributed by atoms with E-state index in [9.17, 15) is 14.7 Å². The summed E-state index contributed by atoms with van der Waals surface area (Å²) in [5, 5.41) is 18.5. The Morgan fingerprint density at radius 3 is 2.52 bits per heavy atom. The molecule has 1 atom stereocenters. The number of carbonyl (C=O) groups is 1. The summed E-state index contributed by atoms with van der Waals surface area (Å²) >= 11 is 7.38. The van der Waals surface area contributed by atoms with E-state index in [0.717, 1.165) is 22.4 Å². The molecule has 1 aliphatic heterocycles. The van der Waals surface area contributed by atoms with E-state index in [0.29, 0.717) is 21.6 Å². The van der Waals surface area contributed by atoms with Crippen LogP contribution in [0.25, 0.3) is 11.3 Å². The molecule has 0 amide bonds. The van der Waals surface area contributed by atoms with Crippen LogP contribution in [0.15, 0.2) is 82.7 Å². The summed E-state index contributed by atoms with van der Waals surface area (Å²) in [5.74, 6) is -0.381. The van der Waals surface area contributed by atoms with E-state index in [1.807, 2.05) is 48.5 Å². The van der Waals surface area contributed by atoms with Gasteiger partial charge < -0.3 is 10.4 Å². The summed E-state index contributed by atoms with van der Waals surface area (Å²) in [7, 11) is 0. The fraction of sp³-hybridized carbons (Fsp3) is 0.0833. The number of nitrogens with one attached hydrogen (secondary N) is 2. The highest BCUT2D eigenvalue weighted by Crippen LogP contribution is 2.32. The van der Waals surface area contributed by atoms with Gasteiger partial charge in [-0.05, 0) is 58.8 Å². The van der Waals surface area contributed by atoms with Gasteiger partial charge in [0, 0.05) is 21.4 Å². The van der Waals surface area contributed by atoms with Crippen molar-refractivity contribution in [2.24, 2.45) is 0 Å². The SMILES string of the molecule is O=C(O)c1ccc([C@@H]2Nc3ccccc3-c3c(=O)[nH]c(SCc4ccc(Cl)cc4)n[n+]32)cc1. The maximum absolute atomic E-state index is 13.2. The summed E-state index contributed by atoms with van der Waals surface area (Å²) in [6.07, 6.45) is -0.477. The van der Waals surface area contributed by atoms with Crippen LogP contribution in [0.4, 0.5) is 5.69 Å². The average molecular weight is 478 g/mol. The summed E-state index contributed by atoms with van der Waals surface area (Å²) in [4.78, 5) is 27.3. The summed E-state index contributed by atoms with van der Waals surface area (Å²) in [6.45, 7) is 0. The van der Waals surface area contributed by atoms with Crippen LogP contribution in [0.2, 0.25) is 5.02 Å². The number of hydrogen-bond donors (Lipinski definition) is 3. The fourth-order valence-electron chi connectivity index (χ4n) is 3.72. The van der Waals surface area contributed by atoms with Crippen LogP contribution in [0, 0.1) is 0 Å². The van der Waals surface area contributed by atoms with Crippen molar-refractivity contribution in [1.82, 2.24) is 10.1 Å². The molecule has 0 saturated carbocycles. The van der Waals surface area contributed by atoms with Crippen LogP contribution >= 0.6 is 23.4 Å². The van der Waals surface area contributed by atoms with Gasteiger partial charge in [0.25, 0.3) is 6.17 Å². The van der Waals surface area contributed by atoms with Crippen LogP contribution in [-0.2, 0) is 5.75 Å². The van der Waals surface area contributed by atoms with Gasteiger partial charge in [-0.1, -0.05) is 47.6 Å². The Kier molecular flexibility index (Phi) is 5.62. The quantitative estimate of drug-likeness (QED) is 0.292. The first kappa shape index (κ1) is 21.2. The zero-order chi connectivity index (χ0) is 22.9. The molecule has 9 heteroatoms. The van der Waals surface area contributed by atoms with Crippen molar-refractivity contribution in [2.45, 2.75) is 17.1 Å². The Morgan fingerprint density at radius 1 is 1.06 bits per heavy atom. The van der Waals surface area contributed by atoms with Crippen LogP contribution in [0.3, 0.4) is 0 Å². The summed E-state index contributed by atoms with van der Waals surface area (Å²) in [5.41, 5.74) is 3.78. The van der Waals surface area contributed by atoms with Crippen LogP contribution in [0.5, 0.6) is 0 Å². The number of H-pyrrole nitrogens is 1. The molecule has 7 nitrogen and oxygen atoms in total. The van der Waals surface area contributed by atoms with Crippen molar-refractivity contribution in [3.8, 4) is 11.3 Å². The molecule has 2 heterocycles. The van der Waals surface area contributed by atoms with Crippen molar-refractivity contribution in [1.29, 1.82) is 0 Å². The minimum atomic E-state index is -0.994. The van der Waals surface area contributed by atoms with Crippen molar-refractivity contribution in [2.75, 3.05) is 5.32 Å². The molecule has 4 aromatic rings. The third-order valence-corrected chi connectivity index (χ3v) is 6.53. The first-order valence-electron chi connectivity index (χ1n) is 10.1. The number of hydrogen-bond acceptors (Lipinski definition) is 5. The van der Waals surface area contributed by atoms with Gasteiger partial charge >= 0.3 is 17.2 Å². The third kappa shape index (κ3) is 4.22. The molecule has 0 saturated heterocycles. The van der Waals surface area contributed by atoms with E-state index < -0.39 is 12.1 Å². The van der Waals surface area contributed by atoms with E-state index in [2.05, 4.69) is 10.3 Å². The van der Waals surface area contributed by atoms with Gasteiger partial charge in [-0.3, -0.25) is 9.78 Å². The largest absolute Gasteiger partial charge is 0.478 e. The predicted octanol–water partition coefficient (Wildman–Crippen LogP) is 4.34. The van der Waals surface area contributed by atoms with Crippen molar-refractivity contribution in [3.05, 3.63) is 105 Å². The third-order valence-electron chi connectivity index (χ3n) is 5.34. The molecule has 164 valence electrons. The minimum Gasteiger partial charge on any atom is -0.478 e. The first-order valence-corrected chi connectivity index (χ1v) is 11.5. The number of rotatable bonds is 5. The molecular formula is C24H18ClN4O3S+. The van der Waals surface area contributed by atoms with E-state index in [-0.39, 0.29) is 11.1 Å². The summed E-state index contributed by atoms with van der Waals surface area (Å²) < 4.78 is 1.67. The number of nitrogens with zero attached hydrogens (tertiary/aromatic N) is 2. The summed E-state index contributed by atoms with van der Waals surface area (Å²) in [6, 6.07) is 21.6. The molecule has 33 heavy (non-hydrogen) atoms. The maximum Gasteiger partial charge on any atom is 0.335 e. The Balaban J connectivity index is 1.56. The van der Waals surface area contributed by atoms with E-state index >= 15 is 0 Å². The van der Waals surface area contributed by atoms with Gasteiger partial charge in [0.2, 0.25) is 5.16 Å². The molecule has 5 rings (SSSR count). The molecule has 0 fully saturated rings. The average Bonchev–Trinajstić information content (AvgIpc) is 2.83. The van der Waals surface area contributed by atoms with Crippen LogP contribution < -0.4 is 15.6 Å². The topological polar surface area (TPSA) is 99.0 Å². The lowest BCUT2D eigenvalue weighted by Crippen LogP contribution is -2.55. The predicted molar refractivity (Wildman–Crippen MR) is 127 cm³/mol. The number of benzene rings is 3. The van der Waals surface area contributed by atoms with E-state index in [4.69, 9.17) is 16.7 Å². The highest BCUT2D eigenvalue weighted by molar-refractivity contribution is 7.98. The number of carboxylic acids is 1. The second kappa shape index (κ2) is 8.73. The lowest BCUT2D eigenvalue weighted by Gasteiger charge is -2.22. The maximum atomic E-state index is 13.2. The lowest BCUT2D eigenvalue weighted by atomic mass is 10.0. The minimum absolute atomic E-state index is 0.193. The first-order chi connectivity index (χ1) is 16.0. The molecule has 0 aliphatic carbocycles. The Bertz CT molecular complexity index is 1400. The van der Waals surface area contributed by atoms with E-state index in [1.54, 1.807) is 28.9 Å². The Morgan fingerprint density at radius 2 is 1.79 bits per heavy atom. The van der Waals surface area contributed by atoms with E-state index in [1.165, 1.54) is 11.8 Å². The van der Waals surface area contributed by atoms with Crippen LogP contribution in [0.1, 0.15) is 27.7 Å². The monoisotopic (exact) mass is 477 g/mol. The number of anilines is 1. The fourth-order valence-corrected chi connectivity index (χ4v) is 4.65. The van der Waals surface area contributed by atoms with Gasteiger partial charge in [0.05, 0.1) is 16.8 Å². The highest BCUT2D eigenvalue weighted by Gasteiger charge is 2.37. The number of carboxylic acid groups (broad SMARTS) is 1. The molecular weight excluding hydrogens is 460 g/mol. The lowest BCUT2D eigenvalue weighted by molar-refractivity contribution is -0.759. The highest BCUT2D eigenvalue weighted by atomic mass is 35.5. The smallest absolute Gasteiger partial charge is 0.335 e. The van der Waals surface area contributed by atoms with Crippen molar-refractivity contribution in [3.63, 3.8) is 0 Å². The number of aromatic carboxylic acids is 1. The Labute approximate surface area is 198 Å². The molecule has 1 aromatic heterocycles. The van der Waals surface area contributed by atoms with Gasteiger partial charge in [0.1, 0.15) is 0 Å². The molecule has 0 bridgehead atoms. The molecule has 3 N–H and O–H groups in total. The van der Waals surface area contributed by atoms with Gasteiger partial charge in [-0.2, -0.15) is 0 Å². The number of fused-ring (bicyclic) bond motifs is 3. The second-order valence-electron chi connectivity index (χ2n) is 7.49. The number of thioether (sulfide) groups is 1. The second-order valence-corrected chi connectivity index (χ2v) is 8.89. The standard InChI is InChI=1S/C24H17ClN4O3S/c25-17-11-5-14(6-12-17)13-33-24-27-22(30)20-18-3-1-2-4-19(18)26-21(29(20)28-24)15-7-9-16(10-8-15)23(31)32/h1-12,21H,13H2,(H2,27,28,30,31,32)/p+1/t21-/m1/s1. The van der Waals surface area contributed by atoms with Gasteiger partial charge in [-0.15, -0.1) is 0 Å². The van der Waals surface area contributed by atoms with Crippen molar-refractivity contribution < 1.29 is 14.6 Å². The molecule has 3 aromatic carbocycles. The zero-order valence-electron chi connectivity index (χ0n) is 17.2. The van der Waals surface area contributed by atoms with Crippen LogP contribution in [-0.4, -0.2) is 21.2 Å². The normalized spacial score (nSPS) is 14.2. The Hall–Kier alpha value is -3.62. The zero-order valence-corrected chi connectivity index (χ0v) is 18.7. The van der Waals surface area contributed by atoms with Crippen molar-refractivity contribution >= 4 is 35.0 Å². The van der Waals surface area contributed by atoms with Gasteiger partial charge in [-0.25, -0.2) is 4.79 Å². The molecule has 1 aliphatic rings. The molecule has 0 unspecified atom stereocenters. The number of halogens is 1. The molecule has 0 radical (unpaired) electrons. The number of aromatic nitrogens is 3. The van der Waals surface area contributed by atoms with Gasteiger partial charge in [0.15, 0.2) is 0 Å². The number of para-hydroxylation sites is 1. The number of aromatic amines is 1.